The van der Waals surface area contributed by atoms with Gasteiger partial charge in [-0.05, 0) is 25.5 Å². The number of rotatable bonds is 5. The van der Waals surface area contributed by atoms with Crippen molar-refractivity contribution in [2.75, 3.05) is 11.9 Å². The first-order valence-corrected chi connectivity index (χ1v) is 5.23. The van der Waals surface area contributed by atoms with Crippen molar-refractivity contribution in [3.63, 3.8) is 0 Å². The van der Waals surface area contributed by atoms with E-state index in [0.29, 0.717) is 11.3 Å². The molecule has 0 heterocycles. The van der Waals surface area contributed by atoms with Crippen LogP contribution in [0, 0.1) is 6.92 Å². The molecule has 0 fully saturated rings. The van der Waals surface area contributed by atoms with Crippen molar-refractivity contribution in [1.82, 2.24) is 0 Å². The number of benzene rings is 1. The van der Waals surface area contributed by atoms with Gasteiger partial charge in [0.05, 0.1) is 5.56 Å². The van der Waals surface area contributed by atoms with Gasteiger partial charge in [-0.1, -0.05) is 25.0 Å². The summed E-state index contributed by atoms with van der Waals surface area (Å²) < 4.78 is 0. The number of anilines is 1. The molecule has 1 aromatic rings. The maximum atomic E-state index is 11.0. The van der Waals surface area contributed by atoms with Gasteiger partial charge in [-0.2, -0.15) is 0 Å². The predicted molar refractivity (Wildman–Crippen MR) is 61.5 cm³/mol. The number of aromatic carboxylic acids is 1. The molecule has 0 radical (unpaired) electrons. The van der Waals surface area contributed by atoms with Crippen molar-refractivity contribution in [1.29, 1.82) is 0 Å². The van der Waals surface area contributed by atoms with Gasteiger partial charge in [0, 0.05) is 12.2 Å². The molecule has 15 heavy (non-hydrogen) atoms. The van der Waals surface area contributed by atoms with Crippen molar-refractivity contribution in [3.8, 4) is 0 Å². The Morgan fingerprint density at radius 3 is 2.80 bits per heavy atom. The minimum atomic E-state index is -0.877. The molecule has 1 rings (SSSR count). The Bertz CT molecular complexity index is 347. The first kappa shape index (κ1) is 11.6. The normalized spacial score (nSPS) is 10.0. The highest BCUT2D eigenvalue weighted by Crippen LogP contribution is 2.17. The first-order chi connectivity index (χ1) is 7.15. The minimum Gasteiger partial charge on any atom is -0.478 e. The van der Waals surface area contributed by atoms with E-state index in [2.05, 4.69) is 12.2 Å². The van der Waals surface area contributed by atoms with Crippen LogP contribution in [0.5, 0.6) is 0 Å². The Labute approximate surface area is 90.1 Å². The number of nitrogens with one attached hydrogen (secondary N) is 1. The summed E-state index contributed by atoms with van der Waals surface area (Å²) in [5, 5.41) is 12.1. The van der Waals surface area contributed by atoms with E-state index in [1.807, 2.05) is 19.1 Å². The Morgan fingerprint density at radius 1 is 1.47 bits per heavy atom. The number of hydrogen-bond donors (Lipinski definition) is 2. The molecule has 0 aliphatic rings. The lowest BCUT2D eigenvalue weighted by Crippen LogP contribution is -2.07. The summed E-state index contributed by atoms with van der Waals surface area (Å²) in [5.74, 6) is -0.877. The zero-order valence-electron chi connectivity index (χ0n) is 9.21. The number of carbonyl (C=O) groups is 1. The van der Waals surface area contributed by atoms with Crippen LogP contribution in [0.25, 0.3) is 0 Å². The van der Waals surface area contributed by atoms with Gasteiger partial charge >= 0.3 is 5.97 Å². The van der Waals surface area contributed by atoms with Crippen molar-refractivity contribution in [3.05, 3.63) is 29.3 Å². The van der Waals surface area contributed by atoms with E-state index in [9.17, 15) is 4.79 Å². The van der Waals surface area contributed by atoms with E-state index < -0.39 is 5.97 Å². The smallest absolute Gasteiger partial charge is 0.337 e. The second-order valence-corrected chi connectivity index (χ2v) is 3.63. The molecule has 0 aliphatic carbocycles. The molecule has 1 aromatic carbocycles. The number of carboxylic acids is 1. The molecule has 0 aromatic heterocycles. The van der Waals surface area contributed by atoms with Crippen LogP contribution in [-0.2, 0) is 0 Å². The Hall–Kier alpha value is -1.51. The molecule has 82 valence electrons. The fourth-order valence-electron chi connectivity index (χ4n) is 1.39. The molecule has 3 heteroatoms. The quantitative estimate of drug-likeness (QED) is 0.730. The molecule has 0 aliphatic heterocycles. The molecule has 3 nitrogen and oxygen atoms in total. The highest BCUT2D eigenvalue weighted by Gasteiger charge is 2.09. The largest absolute Gasteiger partial charge is 0.478 e. The van der Waals surface area contributed by atoms with Gasteiger partial charge in [0.25, 0.3) is 0 Å². The predicted octanol–water partition coefficient (Wildman–Crippen LogP) is 2.91. The Balaban J connectivity index is 2.81. The summed E-state index contributed by atoms with van der Waals surface area (Å²) in [6.07, 6.45) is 2.15. The number of carboxylic acid groups (broad SMARTS) is 1. The van der Waals surface area contributed by atoms with Gasteiger partial charge in [-0.15, -0.1) is 0 Å². The number of unbranched alkanes of at least 4 members (excludes halogenated alkanes) is 1. The molecule has 0 bridgehead atoms. The van der Waals surface area contributed by atoms with E-state index in [1.54, 1.807) is 6.07 Å². The Kier molecular flexibility index (Phi) is 4.16. The molecule has 0 saturated carbocycles. The van der Waals surface area contributed by atoms with Gasteiger partial charge < -0.3 is 10.4 Å². The van der Waals surface area contributed by atoms with Crippen LogP contribution in [-0.4, -0.2) is 17.6 Å². The number of hydrogen-bond acceptors (Lipinski definition) is 2. The second-order valence-electron chi connectivity index (χ2n) is 3.63. The summed E-state index contributed by atoms with van der Waals surface area (Å²) in [4.78, 5) is 11.0. The fraction of sp³-hybridized carbons (Fsp3) is 0.417. The molecule has 0 unspecified atom stereocenters. The summed E-state index contributed by atoms with van der Waals surface area (Å²) in [7, 11) is 0. The van der Waals surface area contributed by atoms with Crippen LogP contribution in [0.2, 0.25) is 0 Å². The van der Waals surface area contributed by atoms with Crippen molar-refractivity contribution in [2.24, 2.45) is 0 Å². The zero-order chi connectivity index (χ0) is 11.3. The SMILES string of the molecule is CCCCNc1ccc(C)cc1C(=O)O. The molecular weight excluding hydrogens is 190 g/mol. The summed E-state index contributed by atoms with van der Waals surface area (Å²) >= 11 is 0. The van der Waals surface area contributed by atoms with Crippen molar-refractivity contribution in [2.45, 2.75) is 26.7 Å². The van der Waals surface area contributed by atoms with E-state index in [4.69, 9.17) is 5.11 Å². The molecular formula is C12H17NO2. The molecule has 0 spiro atoms. The molecule has 0 amide bonds. The van der Waals surface area contributed by atoms with E-state index in [0.717, 1.165) is 24.9 Å². The van der Waals surface area contributed by atoms with E-state index >= 15 is 0 Å². The molecule has 0 atom stereocenters. The average Bonchev–Trinajstić information content (AvgIpc) is 2.20. The van der Waals surface area contributed by atoms with Crippen LogP contribution in [0.3, 0.4) is 0 Å². The van der Waals surface area contributed by atoms with Crippen molar-refractivity contribution < 1.29 is 9.90 Å². The maximum Gasteiger partial charge on any atom is 0.337 e. The standard InChI is InChI=1S/C12H17NO2/c1-3-4-7-13-11-6-5-9(2)8-10(11)12(14)15/h5-6,8,13H,3-4,7H2,1-2H3,(H,14,15). The topological polar surface area (TPSA) is 49.3 Å². The van der Waals surface area contributed by atoms with Crippen LogP contribution in [0.15, 0.2) is 18.2 Å². The maximum absolute atomic E-state index is 11.0. The van der Waals surface area contributed by atoms with Crippen molar-refractivity contribution >= 4 is 11.7 Å². The van der Waals surface area contributed by atoms with Gasteiger partial charge in [0.15, 0.2) is 0 Å². The minimum absolute atomic E-state index is 0.353. The zero-order valence-corrected chi connectivity index (χ0v) is 9.21. The third-order valence-corrected chi connectivity index (χ3v) is 2.25. The van der Waals surface area contributed by atoms with Gasteiger partial charge in [-0.25, -0.2) is 4.79 Å². The van der Waals surface area contributed by atoms with Gasteiger partial charge in [-0.3, -0.25) is 0 Å². The van der Waals surface area contributed by atoms with Crippen LogP contribution in [0.1, 0.15) is 35.7 Å². The third kappa shape index (κ3) is 3.27. The highest BCUT2D eigenvalue weighted by atomic mass is 16.4. The van der Waals surface area contributed by atoms with Crippen LogP contribution >= 0.6 is 0 Å². The van der Waals surface area contributed by atoms with Crippen LogP contribution in [0.4, 0.5) is 5.69 Å². The van der Waals surface area contributed by atoms with E-state index in [-0.39, 0.29) is 0 Å². The fourth-order valence-corrected chi connectivity index (χ4v) is 1.39. The lowest BCUT2D eigenvalue weighted by atomic mass is 10.1. The molecule has 2 N–H and O–H groups in total. The van der Waals surface area contributed by atoms with E-state index in [1.165, 1.54) is 0 Å². The molecule has 0 saturated heterocycles. The third-order valence-electron chi connectivity index (χ3n) is 2.25. The first-order valence-electron chi connectivity index (χ1n) is 5.23. The monoisotopic (exact) mass is 207 g/mol. The average molecular weight is 207 g/mol. The summed E-state index contributed by atoms with van der Waals surface area (Å²) in [5.41, 5.74) is 2.03. The second kappa shape index (κ2) is 5.39. The van der Waals surface area contributed by atoms with Crippen LogP contribution < -0.4 is 5.32 Å². The summed E-state index contributed by atoms with van der Waals surface area (Å²) in [6.45, 7) is 4.82. The van der Waals surface area contributed by atoms with Gasteiger partial charge in [0.2, 0.25) is 0 Å². The lowest BCUT2D eigenvalue weighted by molar-refractivity contribution is 0.0698. The highest BCUT2D eigenvalue weighted by molar-refractivity contribution is 5.94. The van der Waals surface area contributed by atoms with Gasteiger partial charge in [0.1, 0.15) is 0 Å². The Morgan fingerprint density at radius 2 is 2.20 bits per heavy atom. The number of aryl methyl sites for hydroxylation is 1. The summed E-state index contributed by atoms with van der Waals surface area (Å²) in [6, 6.07) is 5.44. The lowest BCUT2D eigenvalue weighted by Gasteiger charge is -2.09.